The fourth-order valence-corrected chi connectivity index (χ4v) is 1.33. The molecule has 1 rings (SSSR count). The van der Waals surface area contributed by atoms with Gasteiger partial charge in [-0.25, -0.2) is 4.39 Å². The van der Waals surface area contributed by atoms with Crippen molar-refractivity contribution < 1.29 is 9.18 Å². The second-order valence-corrected chi connectivity index (χ2v) is 4.29. The third-order valence-corrected chi connectivity index (χ3v) is 2.35. The third-order valence-electron chi connectivity index (χ3n) is 2.35. The van der Waals surface area contributed by atoms with Crippen LogP contribution in [0.5, 0.6) is 0 Å². The molecule has 0 bridgehead atoms. The van der Waals surface area contributed by atoms with Crippen molar-refractivity contribution >= 4 is 5.78 Å². The van der Waals surface area contributed by atoms with Crippen LogP contribution in [0.15, 0.2) is 24.3 Å². The summed E-state index contributed by atoms with van der Waals surface area (Å²) in [5.41, 5.74) is 0.554. The lowest BCUT2D eigenvalue weighted by molar-refractivity contribution is 0.0991. The molecule has 0 amide bonds. The first kappa shape index (κ1) is 12.8. The second-order valence-electron chi connectivity index (χ2n) is 4.29. The molecule has 0 aliphatic rings. The molecule has 2 nitrogen and oxygen atoms in total. The molecule has 3 heteroatoms. The van der Waals surface area contributed by atoms with Crippen molar-refractivity contribution in [1.82, 2.24) is 5.32 Å². The fraction of sp³-hybridized carbons (Fsp3) is 0.462. The number of carbonyl (C=O) groups is 1. The van der Waals surface area contributed by atoms with Crippen molar-refractivity contribution in [2.24, 2.45) is 5.92 Å². The third kappa shape index (κ3) is 4.53. The summed E-state index contributed by atoms with van der Waals surface area (Å²) in [7, 11) is 0. The number of rotatable bonds is 6. The summed E-state index contributed by atoms with van der Waals surface area (Å²) in [6, 6.07) is 5.65. The Labute approximate surface area is 95.9 Å². The Hall–Kier alpha value is -1.22. The van der Waals surface area contributed by atoms with Crippen LogP contribution >= 0.6 is 0 Å². The highest BCUT2D eigenvalue weighted by atomic mass is 19.1. The van der Waals surface area contributed by atoms with E-state index in [0.717, 1.165) is 13.0 Å². The molecule has 0 radical (unpaired) electrons. The van der Waals surface area contributed by atoms with Crippen LogP contribution in [0, 0.1) is 11.7 Å². The molecule has 1 aromatic carbocycles. The standard InChI is InChI=1S/C13H18FNO/c1-10(2)7-8-15-9-13(16)11-3-5-12(14)6-4-11/h3-6,10,15H,7-9H2,1-2H3. The van der Waals surface area contributed by atoms with Gasteiger partial charge in [-0.2, -0.15) is 0 Å². The zero-order valence-electron chi connectivity index (χ0n) is 9.79. The molecule has 0 atom stereocenters. The second kappa shape index (κ2) is 6.38. The monoisotopic (exact) mass is 223 g/mol. The first-order chi connectivity index (χ1) is 7.59. The number of hydrogen-bond acceptors (Lipinski definition) is 2. The molecular weight excluding hydrogens is 205 g/mol. The number of ketones is 1. The van der Waals surface area contributed by atoms with Gasteiger partial charge in [-0.1, -0.05) is 13.8 Å². The maximum atomic E-state index is 12.6. The lowest BCUT2D eigenvalue weighted by atomic mass is 10.1. The Morgan fingerprint density at radius 1 is 1.31 bits per heavy atom. The number of hydrogen-bond donors (Lipinski definition) is 1. The van der Waals surface area contributed by atoms with E-state index < -0.39 is 0 Å². The number of benzene rings is 1. The summed E-state index contributed by atoms with van der Waals surface area (Å²) in [4.78, 5) is 11.6. The molecule has 1 N–H and O–H groups in total. The van der Waals surface area contributed by atoms with Gasteiger partial charge < -0.3 is 5.32 Å². The maximum absolute atomic E-state index is 12.6. The summed E-state index contributed by atoms with van der Waals surface area (Å²) in [6.07, 6.45) is 1.05. The molecule has 0 aromatic heterocycles. The van der Waals surface area contributed by atoms with Gasteiger partial charge in [0.2, 0.25) is 0 Å². The predicted octanol–water partition coefficient (Wildman–Crippen LogP) is 2.64. The summed E-state index contributed by atoms with van der Waals surface area (Å²) in [6.45, 7) is 5.44. The van der Waals surface area contributed by atoms with Gasteiger partial charge in [0.05, 0.1) is 6.54 Å². The Morgan fingerprint density at radius 2 is 1.94 bits per heavy atom. The van der Waals surface area contributed by atoms with E-state index in [4.69, 9.17) is 0 Å². The van der Waals surface area contributed by atoms with Crippen molar-refractivity contribution in [3.63, 3.8) is 0 Å². The molecule has 88 valence electrons. The van der Waals surface area contributed by atoms with Gasteiger partial charge in [-0.05, 0) is 43.1 Å². The first-order valence-electron chi connectivity index (χ1n) is 5.59. The first-order valence-corrected chi connectivity index (χ1v) is 5.59. The largest absolute Gasteiger partial charge is 0.310 e. The molecule has 0 heterocycles. The number of halogens is 1. The Kier molecular flexibility index (Phi) is 5.12. The summed E-state index contributed by atoms with van der Waals surface area (Å²) >= 11 is 0. The average molecular weight is 223 g/mol. The smallest absolute Gasteiger partial charge is 0.176 e. The van der Waals surface area contributed by atoms with Gasteiger partial charge in [-0.15, -0.1) is 0 Å². The molecule has 16 heavy (non-hydrogen) atoms. The Balaban J connectivity index is 2.32. The van der Waals surface area contributed by atoms with E-state index in [0.29, 0.717) is 18.0 Å². The molecule has 0 unspecified atom stereocenters. The van der Waals surface area contributed by atoms with E-state index in [-0.39, 0.29) is 11.6 Å². The Bertz CT molecular complexity index is 332. The van der Waals surface area contributed by atoms with Gasteiger partial charge in [0.15, 0.2) is 5.78 Å². The van der Waals surface area contributed by atoms with E-state index in [2.05, 4.69) is 19.2 Å². The lowest BCUT2D eigenvalue weighted by Crippen LogP contribution is -2.24. The van der Waals surface area contributed by atoms with Gasteiger partial charge in [0.25, 0.3) is 0 Å². The van der Waals surface area contributed by atoms with Crippen molar-refractivity contribution in [3.8, 4) is 0 Å². The van der Waals surface area contributed by atoms with E-state index in [1.165, 1.54) is 24.3 Å². The average Bonchev–Trinajstić information content (AvgIpc) is 2.25. The summed E-state index contributed by atoms with van der Waals surface area (Å²) in [5, 5.41) is 3.09. The molecule has 0 aliphatic heterocycles. The van der Waals surface area contributed by atoms with Crippen LogP contribution in [0.3, 0.4) is 0 Å². The van der Waals surface area contributed by atoms with E-state index in [1.807, 2.05) is 0 Å². The van der Waals surface area contributed by atoms with E-state index in [9.17, 15) is 9.18 Å². The fourth-order valence-electron chi connectivity index (χ4n) is 1.33. The van der Waals surface area contributed by atoms with Crippen LogP contribution in [0.4, 0.5) is 4.39 Å². The van der Waals surface area contributed by atoms with Crippen molar-refractivity contribution in [1.29, 1.82) is 0 Å². The van der Waals surface area contributed by atoms with E-state index in [1.54, 1.807) is 0 Å². The van der Waals surface area contributed by atoms with Crippen LogP contribution in [0.25, 0.3) is 0 Å². The Morgan fingerprint density at radius 3 is 2.50 bits per heavy atom. The minimum Gasteiger partial charge on any atom is -0.310 e. The topological polar surface area (TPSA) is 29.1 Å². The lowest BCUT2D eigenvalue weighted by Gasteiger charge is -2.06. The van der Waals surface area contributed by atoms with Crippen LogP contribution in [-0.2, 0) is 0 Å². The molecular formula is C13H18FNO. The molecule has 0 fully saturated rings. The van der Waals surface area contributed by atoms with Gasteiger partial charge >= 0.3 is 0 Å². The molecule has 0 spiro atoms. The zero-order valence-corrected chi connectivity index (χ0v) is 9.79. The summed E-state index contributed by atoms with van der Waals surface area (Å²) < 4.78 is 12.6. The minimum absolute atomic E-state index is 0.00348. The molecule has 0 saturated carbocycles. The highest BCUT2D eigenvalue weighted by molar-refractivity contribution is 5.97. The quantitative estimate of drug-likeness (QED) is 0.593. The van der Waals surface area contributed by atoms with Crippen LogP contribution < -0.4 is 5.32 Å². The predicted molar refractivity (Wildman–Crippen MR) is 63.1 cm³/mol. The van der Waals surface area contributed by atoms with Gasteiger partial charge in [-0.3, -0.25) is 4.79 Å². The van der Waals surface area contributed by atoms with Crippen LogP contribution in [0.1, 0.15) is 30.6 Å². The van der Waals surface area contributed by atoms with Crippen LogP contribution in [-0.4, -0.2) is 18.9 Å². The number of Topliss-reactive ketones (excluding diaryl/α,β-unsaturated/α-hetero) is 1. The SMILES string of the molecule is CC(C)CCNCC(=O)c1ccc(F)cc1. The van der Waals surface area contributed by atoms with Gasteiger partial charge in [0, 0.05) is 5.56 Å². The minimum atomic E-state index is -0.315. The zero-order chi connectivity index (χ0) is 12.0. The van der Waals surface area contributed by atoms with E-state index >= 15 is 0 Å². The molecule has 1 aromatic rings. The van der Waals surface area contributed by atoms with Crippen LogP contribution in [0.2, 0.25) is 0 Å². The molecule has 0 aliphatic carbocycles. The van der Waals surface area contributed by atoms with Gasteiger partial charge in [0.1, 0.15) is 5.82 Å². The molecule has 0 saturated heterocycles. The van der Waals surface area contributed by atoms with Crippen molar-refractivity contribution in [2.75, 3.05) is 13.1 Å². The summed E-state index contributed by atoms with van der Waals surface area (Å²) in [5.74, 6) is 0.321. The van der Waals surface area contributed by atoms with Crippen molar-refractivity contribution in [2.45, 2.75) is 20.3 Å². The number of nitrogens with one attached hydrogen (secondary N) is 1. The highest BCUT2D eigenvalue weighted by Gasteiger charge is 2.04. The number of carbonyl (C=O) groups excluding carboxylic acids is 1. The normalized spacial score (nSPS) is 10.8. The maximum Gasteiger partial charge on any atom is 0.176 e. The van der Waals surface area contributed by atoms with Crippen molar-refractivity contribution in [3.05, 3.63) is 35.6 Å². The highest BCUT2D eigenvalue weighted by Crippen LogP contribution is 2.03.